The summed E-state index contributed by atoms with van der Waals surface area (Å²) in [5, 5.41) is 2.89. The Morgan fingerprint density at radius 2 is 1.67 bits per heavy atom. The molecule has 1 N–H and O–H groups in total. The van der Waals surface area contributed by atoms with Crippen LogP contribution in [0.1, 0.15) is 17.5 Å². The van der Waals surface area contributed by atoms with Crippen molar-refractivity contribution in [3.8, 4) is 0 Å². The van der Waals surface area contributed by atoms with Gasteiger partial charge in [0.2, 0.25) is 0 Å². The number of nitrogens with one attached hydrogen (secondary N) is 1. The van der Waals surface area contributed by atoms with Gasteiger partial charge in [0, 0.05) is 38.1 Å². The number of nitrogens with zero attached hydrogens (tertiary/aromatic N) is 2. The predicted octanol–water partition coefficient (Wildman–Crippen LogP) is 3.51. The molecule has 30 heavy (non-hydrogen) atoms. The monoisotopic (exact) mass is 415 g/mol. The Balaban J connectivity index is 1.24. The summed E-state index contributed by atoms with van der Waals surface area (Å²) in [6, 6.07) is 18.9. The summed E-state index contributed by atoms with van der Waals surface area (Å²) in [5.41, 5.74) is 2.05. The van der Waals surface area contributed by atoms with Crippen molar-refractivity contribution in [1.82, 2.24) is 15.1 Å². The molecular weight excluding hydrogens is 388 g/mol. The molecule has 2 amide bonds. The van der Waals surface area contributed by atoms with Crippen molar-refractivity contribution in [2.24, 2.45) is 0 Å². The fraction of sp³-hybridized carbons (Fsp3) is 0.435. The number of amides is 2. The van der Waals surface area contributed by atoms with Gasteiger partial charge in [-0.25, -0.2) is 13.6 Å². The van der Waals surface area contributed by atoms with Crippen molar-refractivity contribution in [1.29, 1.82) is 0 Å². The summed E-state index contributed by atoms with van der Waals surface area (Å²) in [4.78, 5) is 15.8. The second-order valence-corrected chi connectivity index (χ2v) is 8.09. The van der Waals surface area contributed by atoms with Gasteiger partial charge in [-0.2, -0.15) is 0 Å². The summed E-state index contributed by atoms with van der Waals surface area (Å²) < 4.78 is 33.9. The number of alkyl halides is 2. The summed E-state index contributed by atoms with van der Waals surface area (Å²) in [5.74, 6) is -2.71. The molecule has 0 spiro atoms. The number of urea groups is 1. The van der Waals surface area contributed by atoms with E-state index in [9.17, 15) is 13.6 Å². The van der Waals surface area contributed by atoms with Crippen molar-refractivity contribution in [3.05, 3.63) is 71.8 Å². The highest BCUT2D eigenvalue weighted by Gasteiger charge is 2.50. The number of carbonyl (C=O) groups excluding carboxylic acids is 1. The number of rotatable bonds is 7. The van der Waals surface area contributed by atoms with E-state index in [1.165, 1.54) is 0 Å². The maximum Gasteiger partial charge on any atom is 0.317 e. The predicted molar refractivity (Wildman–Crippen MR) is 110 cm³/mol. The molecule has 1 atom stereocenters. The largest absolute Gasteiger partial charge is 0.375 e. The van der Waals surface area contributed by atoms with Crippen molar-refractivity contribution < 1.29 is 18.3 Å². The van der Waals surface area contributed by atoms with Gasteiger partial charge in [-0.3, -0.25) is 4.90 Å². The molecule has 2 aliphatic rings. The lowest BCUT2D eigenvalue weighted by Crippen LogP contribution is -2.64. The molecule has 4 rings (SSSR count). The lowest BCUT2D eigenvalue weighted by Gasteiger charge is -2.45. The minimum atomic E-state index is -2.71. The third-order valence-electron chi connectivity index (χ3n) is 5.74. The Hall–Kier alpha value is -2.51. The SMILES string of the molecule is O=C(NCc1ccccc1)N1CC(N2CC(F)(F)C[C@H]2COCc2ccccc2)C1. The molecule has 2 aromatic carbocycles. The van der Waals surface area contributed by atoms with Gasteiger partial charge in [-0.05, 0) is 11.1 Å². The first-order valence-corrected chi connectivity index (χ1v) is 10.3. The van der Waals surface area contributed by atoms with Crippen molar-refractivity contribution >= 4 is 6.03 Å². The van der Waals surface area contributed by atoms with Crippen LogP contribution in [0.2, 0.25) is 0 Å². The lowest BCUT2D eigenvalue weighted by atomic mass is 10.1. The number of halogens is 2. The Morgan fingerprint density at radius 1 is 1.03 bits per heavy atom. The molecule has 2 aromatic rings. The highest BCUT2D eigenvalue weighted by molar-refractivity contribution is 5.75. The molecule has 0 bridgehead atoms. The number of benzene rings is 2. The van der Waals surface area contributed by atoms with Gasteiger partial charge in [0.1, 0.15) is 0 Å². The maximum atomic E-state index is 14.1. The molecule has 2 fully saturated rings. The quantitative estimate of drug-likeness (QED) is 0.753. The van der Waals surface area contributed by atoms with Gasteiger partial charge in [0.25, 0.3) is 5.92 Å². The Bertz CT molecular complexity index is 829. The summed E-state index contributed by atoms with van der Waals surface area (Å²) in [6.07, 6.45) is -0.196. The van der Waals surface area contributed by atoms with Gasteiger partial charge in [-0.15, -0.1) is 0 Å². The summed E-state index contributed by atoms with van der Waals surface area (Å²) in [7, 11) is 0. The zero-order chi connectivity index (χ0) is 21.0. The average Bonchev–Trinajstić information content (AvgIpc) is 3.01. The molecule has 160 valence electrons. The first-order valence-electron chi connectivity index (χ1n) is 10.3. The van der Waals surface area contributed by atoms with Gasteiger partial charge in [0.15, 0.2) is 0 Å². The van der Waals surface area contributed by atoms with Gasteiger partial charge < -0.3 is 15.0 Å². The molecular formula is C23H27F2N3O2. The standard InChI is InChI=1S/C23H27F2N3O2/c24-23(25)11-20(16-30-15-19-9-5-2-6-10-19)28(17-23)21-13-27(14-21)22(29)26-12-18-7-3-1-4-8-18/h1-10,20-21H,11-17H2,(H,26,29)/t20-/m0/s1. The van der Waals surface area contributed by atoms with Crippen molar-refractivity contribution in [2.75, 3.05) is 26.2 Å². The van der Waals surface area contributed by atoms with Crippen LogP contribution in [0.3, 0.4) is 0 Å². The molecule has 0 radical (unpaired) electrons. The average molecular weight is 415 g/mol. The third-order valence-corrected chi connectivity index (χ3v) is 5.74. The van der Waals surface area contributed by atoms with Gasteiger partial charge >= 0.3 is 6.03 Å². The molecule has 0 aliphatic carbocycles. The first kappa shape index (κ1) is 20.8. The highest BCUT2D eigenvalue weighted by Crippen LogP contribution is 2.35. The molecule has 2 saturated heterocycles. The minimum Gasteiger partial charge on any atom is -0.375 e. The Labute approximate surface area is 175 Å². The van der Waals surface area contributed by atoms with E-state index in [1.54, 1.807) is 4.90 Å². The highest BCUT2D eigenvalue weighted by atomic mass is 19.3. The van der Waals surface area contributed by atoms with Crippen LogP contribution >= 0.6 is 0 Å². The Kier molecular flexibility index (Phi) is 6.29. The van der Waals surface area contributed by atoms with E-state index < -0.39 is 5.92 Å². The normalized spacial score (nSPS) is 21.4. The number of ether oxygens (including phenoxy) is 1. The van der Waals surface area contributed by atoms with Crippen LogP contribution in [0.15, 0.2) is 60.7 Å². The molecule has 5 nitrogen and oxygen atoms in total. The molecule has 7 heteroatoms. The molecule has 0 saturated carbocycles. The van der Waals surface area contributed by atoms with E-state index in [4.69, 9.17) is 4.74 Å². The number of likely N-dealkylation sites (tertiary alicyclic amines) is 2. The second-order valence-electron chi connectivity index (χ2n) is 8.09. The lowest BCUT2D eigenvalue weighted by molar-refractivity contribution is -0.0109. The number of carbonyl (C=O) groups is 1. The molecule has 0 aromatic heterocycles. The topological polar surface area (TPSA) is 44.8 Å². The minimum absolute atomic E-state index is 0.0498. The van der Waals surface area contributed by atoms with E-state index in [2.05, 4.69) is 5.32 Å². The molecule has 2 aliphatic heterocycles. The van der Waals surface area contributed by atoms with Crippen LogP contribution in [-0.2, 0) is 17.9 Å². The zero-order valence-electron chi connectivity index (χ0n) is 16.8. The summed E-state index contributed by atoms with van der Waals surface area (Å²) >= 11 is 0. The zero-order valence-corrected chi connectivity index (χ0v) is 16.8. The smallest absolute Gasteiger partial charge is 0.317 e. The van der Waals surface area contributed by atoms with Crippen LogP contribution in [-0.4, -0.2) is 60.1 Å². The third kappa shape index (κ3) is 5.15. The van der Waals surface area contributed by atoms with Crippen LogP contribution in [0.5, 0.6) is 0 Å². The van der Waals surface area contributed by atoms with Crippen LogP contribution in [0.4, 0.5) is 13.6 Å². The van der Waals surface area contributed by atoms with Crippen molar-refractivity contribution in [2.45, 2.75) is 37.6 Å². The van der Waals surface area contributed by atoms with Crippen LogP contribution < -0.4 is 5.32 Å². The van der Waals surface area contributed by atoms with E-state index in [0.717, 1.165) is 11.1 Å². The van der Waals surface area contributed by atoms with Gasteiger partial charge in [-0.1, -0.05) is 60.7 Å². The van der Waals surface area contributed by atoms with Crippen LogP contribution in [0, 0.1) is 0 Å². The molecule has 2 heterocycles. The van der Waals surface area contributed by atoms with E-state index >= 15 is 0 Å². The molecule has 0 unspecified atom stereocenters. The maximum absolute atomic E-state index is 14.1. The summed E-state index contributed by atoms with van der Waals surface area (Å²) in [6.45, 7) is 1.80. The van der Waals surface area contributed by atoms with Gasteiger partial charge in [0.05, 0.1) is 19.8 Å². The van der Waals surface area contributed by atoms with Crippen molar-refractivity contribution in [3.63, 3.8) is 0 Å². The fourth-order valence-electron chi connectivity index (χ4n) is 4.11. The van der Waals surface area contributed by atoms with E-state index in [-0.39, 0.29) is 37.7 Å². The number of hydrogen-bond acceptors (Lipinski definition) is 3. The first-order chi connectivity index (χ1) is 14.5. The van der Waals surface area contributed by atoms with Crippen LogP contribution in [0.25, 0.3) is 0 Å². The fourth-order valence-corrected chi connectivity index (χ4v) is 4.11. The van der Waals surface area contributed by atoms with E-state index in [0.29, 0.717) is 26.2 Å². The second kappa shape index (κ2) is 9.10. The number of hydrogen-bond donors (Lipinski definition) is 1. The Morgan fingerprint density at radius 3 is 2.33 bits per heavy atom. The van der Waals surface area contributed by atoms with E-state index in [1.807, 2.05) is 65.6 Å².